The van der Waals surface area contributed by atoms with Crippen LogP contribution in [-0.4, -0.2) is 252 Å². The van der Waals surface area contributed by atoms with Crippen molar-refractivity contribution in [2.45, 2.75) is 238 Å². The zero-order chi connectivity index (χ0) is 97.7. The van der Waals surface area contributed by atoms with Crippen molar-refractivity contribution in [3.8, 4) is 0 Å². The fourth-order valence-corrected chi connectivity index (χ4v) is 18.5. The average Bonchev–Trinajstić information content (AvgIpc) is 1.61. The summed E-state index contributed by atoms with van der Waals surface area (Å²) in [6, 6.07) is 104. The van der Waals surface area contributed by atoms with Gasteiger partial charge < -0.3 is 139 Å². The predicted molar refractivity (Wildman–Crippen MR) is 514 cm³/mol. The monoisotopic (exact) mass is 1960 g/mol. The van der Waals surface area contributed by atoms with E-state index in [0.29, 0.717) is 0 Å². The number of benzene rings is 11. The maximum absolute atomic E-state index is 15.7. The van der Waals surface area contributed by atoms with Gasteiger partial charge in [0, 0.05) is 7.11 Å². The summed E-state index contributed by atoms with van der Waals surface area (Å²) in [5, 5.41) is 46.3. The largest absolute Gasteiger partial charge is 0.450 e. The molecule has 0 aliphatic carbocycles. The highest BCUT2D eigenvalue weighted by atomic mass is 16.8. The Hall–Kier alpha value is -10.2. The van der Waals surface area contributed by atoms with Crippen molar-refractivity contribution in [3.63, 3.8) is 0 Å². The molecule has 756 valence electrons. The van der Waals surface area contributed by atoms with Gasteiger partial charge in [0.1, 0.15) is 122 Å². The first-order chi connectivity index (χ1) is 70.5. The molecule has 28 atom stereocenters. The summed E-state index contributed by atoms with van der Waals surface area (Å²) >= 11 is 0. The summed E-state index contributed by atoms with van der Waals surface area (Å²) in [7, 11) is 1.55. The smallest absolute Gasteiger partial charge is 0.338 e. The summed E-state index contributed by atoms with van der Waals surface area (Å²) in [5.74, 6) is -0.831. The van der Waals surface area contributed by atoms with Gasteiger partial charge in [-0.1, -0.05) is 322 Å². The topological polar surface area (TPSA) is 329 Å². The van der Waals surface area contributed by atoms with Crippen LogP contribution >= 0.6 is 0 Å². The molecular weight excluding hydrogens is 1840 g/mol. The molecule has 11 aromatic rings. The molecule has 0 radical (unpaired) electrons. The van der Waals surface area contributed by atoms with Gasteiger partial charge >= 0.3 is 5.97 Å². The van der Waals surface area contributed by atoms with E-state index in [-0.39, 0.29) is 91.5 Å². The Balaban J connectivity index is 0.728. The lowest BCUT2D eigenvalue weighted by molar-refractivity contribution is -0.275. The molecule has 11 aromatic carbocycles. The summed E-state index contributed by atoms with van der Waals surface area (Å²) in [6.07, 6.45) is -34.6. The molecule has 4 N–H and O–H groups in total. The van der Waals surface area contributed by atoms with Crippen molar-refractivity contribution in [2.75, 3.05) is 53.4 Å². The highest BCUT2D eigenvalue weighted by Crippen LogP contribution is 2.43. The van der Waals surface area contributed by atoms with E-state index in [1.807, 2.05) is 303 Å². The van der Waals surface area contributed by atoms with Crippen LogP contribution in [0.25, 0.3) is 0 Å². The number of esters is 1. The maximum Gasteiger partial charge on any atom is 0.338 e. The summed E-state index contributed by atoms with van der Waals surface area (Å²) in [5.41, 5.74) is 8.52. The van der Waals surface area contributed by atoms with Gasteiger partial charge in [-0.3, -0.25) is 0 Å². The summed E-state index contributed by atoms with van der Waals surface area (Å²) < 4.78 is 174. The van der Waals surface area contributed by atoms with Gasteiger partial charge in [0.15, 0.2) is 50.1 Å². The molecule has 0 amide bonds. The lowest BCUT2D eigenvalue weighted by atomic mass is 10.1. The van der Waals surface area contributed by atoms with Crippen LogP contribution < -0.4 is 0 Å². The van der Waals surface area contributed by atoms with Gasteiger partial charge in [-0.05, 0) is 67.8 Å². The van der Waals surface area contributed by atoms with E-state index in [1.54, 1.807) is 37.4 Å². The second kappa shape index (κ2) is 52.7. The molecule has 0 aromatic heterocycles. The van der Waals surface area contributed by atoms with Gasteiger partial charge in [-0.25, -0.2) is 4.79 Å². The molecule has 7 aliphatic rings. The molecule has 0 spiro atoms. The van der Waals surface area contributed by atoms with Crippen molar-refractivity contribution < 1.29 is 144 Å². The molecule has 7 aliphatic heterocycles. The standard InChI is InChI=1S/C113H124O30/c1-119-107-101(128-67-82-51-29-10-30-52-82)94(122-61-76-39-17-4-18-40-76)89(135-107)71-130-108-102(129-68-83-53-31-11-32-54-83)95(123-62-77-41-19-5-20-42-77)90(137-108)72-131-110-105(140-106(118)84-55-33-12-34-56-84)98(141-113-104(143-112-100(93(117)86(58-115)134-112)127-66-81-49-27-9-28-50-81)97(125-64-79-45-23-7-24-46-79)88(139-113)70-121-60-75-37-15-3-16-38-75)91(138-110)73-132-109-103(142-111-99(92(116)85(57-114)133-111)126-65-80-47-25-8-26-48-80)96(124-63-78-43-21-6-22-44-78)87(136-109)69-120-59-74-35-13-2-14-36-74/h2-56,85-105,107-117H,57-73H2,1H3/t85-,86-,87-,88-,89-,90-,91-,92-,93-,94-,95-,96-,97-,98-,99+,100+,101+,102+,103+,104+,105+,107+,108+,109+,110+,111+,112+,113-/m1/s1. The van der Waals surface area contributed by atoms with E-state index >= 15 is 4.79 Å². The van der Waals surface area contributed by atoms with E-state index in [4.69, 9.17) is 118 Å². The molecule has 143 heavy (non-hydrogen) atoms. The SMILES string of the molecule is CO[C@H]1O[C@H](CO[C@H]2O[C@H](CO[C@H]3O[C@H](CO[C@H]4O[C@H](COCc5ccccc5)[C@@H](OCc5ccccc5)[C@@H]4O[C@@H]4O[C@H](CO)[C@@H](O)[C@@H]4OCc4ccccc4)[C@@H](O[C@H]4O[C@H](COCc5ccccc5)[C@@H](OCc5ccccc5)[C@@H]4O[C@@H]4O[C@H](CO)[C@@H](O)[C@@H]4OCc4ccccc4)[C@@H]3OC(=O)c3ccccc3)[C@@H](OCc3ccccc3)[C@@H]2OCc2ccccc2)[C@@H](OCc2ccccc2)[C@@H]1OCc1ccccc1. The highest BCUT2D eigenvalue weighted by molar-refractivity contribution is 5.89. The van der Waals surface area contributed by atoms with E-state index < -0.39 is 205 Å². The van der Waals surface area contributed by atoms with E-state index in [1.165, 1.54) is 0 Å². The Morgan fingerprint density at radius 1 is 0.224 bits per heavy atom. The van der Waals surface area contributed by atoms with Crippen molar-refractivity contribution in [1.29, 1.82) is 0 Å². The third-order valence-electron chi connectivity index (χ3n) is 26.0. The first kappa shape index (κ1) is 103. The van der Waals surface area contributed by atoms with Gasteiger partial charge in [-0.2, -0.15) is 0 Å². The average molecular weight is 1960 g/mol. The van der Waals surface area contributed by atoms with Gasteiger partial charge in [0.25, 0.3) is 0 Å². The molecule has 0 bridgehead atoms. The molecule has 30 heteroatoms. The molecule has 7 saturated heterocycles. The Bertz CT molecular complexity index is 5470. The molecular formula is C113H124O30. The number of aliphatic hydroxyl groups excluding tert-OH is 4. The first-order valence-corrected chi connectivity index (χ1v) is 48.7. The highest BCUT2D eigenvalue weighted by Gasteiger charge is 2.60. The fraction of sp³-hybridized carbons (Fsp3) is 0.407. The second-order valence-electron chi connectivity index (χ2n) is 36.0. The van der Waals surface area contributed by atoms with Crippen molar-refractivity contribution in [2.24, 2.45) is 0 Å². The maximum atomic E-state index is 15.7. The van der Waals surface area contributed by atoms with Crippen molar-refractivity contribution in [1.82, 2.24) is 0 Å². The number of carbonyl (C=O) groups excluding carboxylic acids is 1. The molecule has 18 rings (SSSR count). The minimum absolute atomic E-state index is 0.00110. The normalized spacial score (nSPS) is 29.9. The van der Waals surface area contributed by atoms with Crippen LogP contribution in [0.1, 0.15) is 66.0 Å². The quantitative estimate of drug-likeness (QED) is 0.0257. The van der Waals surface area contributed by atoms with Crippen molar-refractivity contribution >= 4 is 5.97 Å². The van der Waals surface area contributed by atoms with Crippen LogP contribution in [0, 0.1) is 0 Å². The third-order valence-corrected chi connectivity index (χ3v) is 26.0. The van der Waals surface area contributed by atoms with Crippen LogP contribution in [0.3, 0.4) is 0 Å². The number of ether oxygens (including phenoxy) is 25. The Morgan fingerprint density at radius 2 is 0.441 bits per heavy atom. The fourth-order valence-electron chi connectivity index (χ4n) is 18.5. The van der Waals surface area contributed by atoms with Crippen molar-refractivity contribution in [3.05, 3.63) is 395 Å². The first-order valence-electron chi connectivity index (χ1n) is 48.7. The molecule has 7 heterocycles. The number of rotatable bonds is 52. The van der Waals surface area contributed by atoms with Crippen LogP contribution in [0.15, 0.2) is 334 Å². The number of methoxy groups -OCH3 is 1. The number of hydrogen-bond donors (Lipinski definition) is 4. The lowest BCUT2D eigenvalue weighted by Gasteiger charge is -2.32. The van der Waals surface area contributed by atoms with E-state index in [9.17, 15) is 20.4 Å². The van der Waals surface area contributed by atoms with Gasteiger partial charge in [-0.15, -0.1) is 0 Å². The van der Waals surface area contributed by atoms with E-state index in [2.05, 4.69) is 0 Å². The summed E-state index contributed by atoms with van der Waals surface area (Å²) in [4.78, 5) is 15.7. The predicted octanol–water partition coefficient (Wildman–Crippen LogP) is 13.0. The van der Waals surface area contributed by atoms with Gasteiger partial charge in [0.05, 0.1) is 118 Å². The Kier molecular flexibility index (Phi) is 37.9. The van der Waals surface area contributed by atoms with Crippen LogP contribution in [0.5, 0.6) is 0 Å². The third kappa shape index (κ3) is 27.8. The second-order valence-corrected chi connectivity index (χ2v) is 36.0. The number of aliphatic hydroxyl groups is 4. The lowest BCUT2D eigenvalue weighted by Crippen LogP contribution is -2.49. The summed E-state index contributed by atoms with van der Waals surface area (Å²) in [6.45, 7) is -1.64. The minimum atomic E-state index is -1.66. The molecule has 30 nitrogen and oxygen atoms in total. The van der Waals surface area contributed by atoms with Crippen LogP contribution in [0.4, 0.5) is 0 Å². The van der Waals surface area contributed by atoms with Crippen LogP contribution in [-0.2, 0) is 184 Å². The van der Waals surface area contributed by atoms with Gasteiger partial charge in [0.2, 0.25) is 0 Å². The number of carbonyl (C=O) groups is 1. The zero-order valence-corrected chi connectivity index (χ0v) is 79.3. The molecule has 0 saturated carbocycles. The number of hydrogen-bond acceptors (Lipinski definition) is 30. The minimum Gasteiger partial charge on any atom is -0.450 e. The molecule has 7 fully saturated rings. The van der Waals surface area contributed by atoms with E-state index in [0.717, 1.165) is 55.6 Å². The molecule has 0 unspecified atom stereocenters. The van der Waals surface area contributed by atoms with Crippen LogP contribution in [0.2, 0.25) is 0 Å². The Morgan fingerprint density at radius 3 is 0.755 bits per heavy atom. The zero-order valence-electron chi connectivity index (χ0n) is 79.3. The Labute approximate surface area is 831 Å².